The largest absolute Gasteiger partial charge is 0.483 e. The highest BCUT2D eigenvalue weighted by molar-refractivity contribution is 5.86. The summed E-state index contributed by atoms with van der Waals surface area (Å²) in [7, 11) is 0. The molecule has 102 valence electrons. The third-order valence-corrected chi connectivity index (χ3v) is 2.39. The van der Waals surface area contributed by atoms with Gasteiger partial charge in [-0.05, 0) is 12.1 Å². The lowest BCUT2D eigenvalue weighted by Crippen LogP contribution is -2.22. The molecule has 2 N–H and O–H groups in total. The first kappa shape index (κ1) is 13.5. The predicted molar refractivity (Wildman–Crippen MR) is 75.1 cm³/mol. The van der Waals surface area contributed by atoms with Crippen LogP contribution in [0.4, 0.5) is 0 Å². The average molecular weight is 271 g/mol. The molecule has 0 saturated carbocycles. The van der Waals surface area contributed by atoms with Crippen LogP contribution in [0.1, 0.15) is 0 Å². The lowest BCUT2D eigenvalue weighted by atomic mass is 10.2. The van der Waals surface area contributed by atoms with Crippen molar-refractivity contribution in [3.63, 3.8) is 0 Å². The first-order valence-electron chi connectivity index (χ1n) is 5.83. The summed E-state index contributed by atoms with van der Waals surface area (Å²) >= 11 is 0. The third-order valence-electron chi connectivity index (χ3n) is 2.39. The molecule has 2 aromatic rings. The van der Waals surface area contributed by atoms with Gasteiger partial charge in [-0.25, -0.2) is 4.79 Å². The number of para-hydroxylation sites is 1. The minimum absolute atomic E-state index is 0.0138. The number of hydrogen-bond donors (Lipinski definition) is 1. The van der Waals surface area contributed by atoms with Gasteiger partial charge < -0.3 is 15.3 Å². The molecule has 0 atom stereocenters. The SMILES string of the molecule is C=CC(=O)O/N=C(\N)COc1cccc2cccnc12. The zero-order chi connectivity index (χ0) is 14.4. The minimum atomic E-state index is -0.681. The van der Waals surface area contributed by atoms with Gasteiger partial charge in [0.2, 0.25) is 0 Å². The molecule has 0 spiro atoms. The number of carbonyl (C=O) groups is 1. The van der Waals surface area contributed by atoms with Crippen molar-refractivity contribution in [1.82, 2.24) is 4.98 Å². The van der Waals surface area contributed by atoms with Gasteiger partial charge in [-0.2, -0.15) is 0 Å². The van der Waals surface area contributed by atoms with Crippen molar-refractivity contribution in [3.05, 3.63) is 49.2 Å². The van der Waals surface area contributed by atoms with E-state index < -0.39 is 5.97 Å². The van der Waals surface area contributed by atoms with Gasteiger partial charge >= 0.3 is 5.97 Å². The highest BCUT2D eigenvalue weighted by Crippen LogP contribution is 2.22. The van der Waals surface area contributed by atoms with Crippen molar-refractivity contribution in [1.29, 1.82) is 0 Å². The molecule has 1 heterocycles. The van der Waals surface area contributed by atoms with E-state index >= 15 is 0 Å². The molecule has 0 aliphatic carbocycles. The van der Waals surface area contributed by atoms with E-state index in [9.17, 15) is 4.79 Å². The van der Waals surface area contributed by atoms with E-state index in [4.69, 9.17) is 10.5 Å². The summed E-state index contributed by atoms with van der Waals surface area (Å²) in [6.45, 7) is 3.23. The lowest BCUT2D eigenvalue weighted by molar-refractivity contribution is -0.137. The smallest absolute Gasteiger partial charge is 0.358 e. The second kappa shape index (κ2) is 6.33. The van der Waals surface area contributed by atoms with E-state index in [-0.39, 0.29) is 12.4 Å². The van der Waals surface area contributed by atoms with Crippen molar-refractivity contribution in [3.8, 4) is 5.75 Å². The second-order valence-electron chi connectivity index (χ2n) is 3.82. The number of benzene rings is 1. The van der Waals surface area contributed by atoms with E-state index in [1.165, 1.54) is 0 Å². The molecule has 20 heavy (non-hydrogen) atoms. The molecule has 0 unspecified atom stereocenters. The van der Waals surface area contributed by atoms with Crippen molar-refractivity contribution in [2.45, 2.75) is 0 Å². The van der Waals surface area contributed by atoms with Gasteiger partial charge in [-0.15, -0.1) is 0 Å². The van der Waals surface area contributed by atoms with Gasteiger partial charge in [0.1, 0.15) is 17.9 Å². The van der Waals surface area contributed by atoms with Crippen LogP contribution in [-0.2, 0) is 9.63 Å². The summed E-state index contributed by atoms with van der Waals surface area (Å²) in [5.41, 5.74) is 6.29. The summed E-state index contributed by atoms with van der Waals surface area (Å²) in [6.07, 6.45) is 2.67. The molecule has 0 fully saturated rings. The molecular weight excluding hydrogens is 258 g/mol. The fraction of sp³-hybridized carbons (Fsp3) is 0.0714. The van der Waals surface area contributed by atoms with Gasteiger partial charge in [0, 0.05) is 17.7 Å². The standard InChI is InChI=1S/C14H13N3O3/c1-2-13(18)20-17-12(15)9-19-11-7-3-5-10-6-4-8-16-14(10)11/h2-8H,1,9H2,(H2,15,17). The van der Waals surface area contributed by atoms with Crippen molar-refractivity contribution in [2.75, 3.05) is 6.61 Å². The summed E-state index contributed by atoms with van der Waals surface area (Å²) in [6, 6.07) is 9.33. The molecule has 0 aliphatic rings. The highest BCUT2D eigenvalue weighted by atomic mass is 16.7. The van der Waals surface area contributed by atoms with Crippen LogP contribution in [0.25, 0.3) is 10.9 Å². The summed E-state index contributed by atoms with van der Waals surface area (Å²) in [4.78, 5) is 19.5. The van der Waals surface area contributed by atoms with Crippen LogP contribution in [0, 0.1) is 0 Å². The fourth-order valence-corrected chi connectivity index (χ4v) is 1.51. The number of ether oxygens (including phenoxy) is 1. The van der Waals surface area contributed by atoms with Gasteiger partial charge in [0.05, 0.1) is 0 Å². The van der Waals surface area contributed by atoms with Crippen LogP contribution in [0.5, 0.6) is 5.75 Å². The Bertz CT molecular complexity index is 662. The Hall–Kier alpha value is -2.89. The fourth-order valence-electron chi connectivity index (χ4n) is 1.51. The number of aromatic nitrogens is 1. The first-order chi connectivity index (χ1) is 9.70. The molecular formula is C14H13N3O3. The number of pyridine rings is 1. The zero-order valence-corrected chi connectivity index (χ0v) is 10.7. The Kier molecular flexibility index (Phi) is 4.28. The molecule has 0 bridgehead atoms. The maximum Gasteiger partial charge on any atom is 0.358 e. The predicted octanol–water partition coefficient (Wildman–Crippen LogP) is 1.61. The Labute approximate surface area is 115 Å². The molecule has 2 rings (SSSR count). The maximum absolute atomic E-state index is 10.8. The quantitative estimate of drug-likeness (QED) is 0.293. The number of nitrogens with zero attached hydrogens (tertiary/aromatic N) is 2. The molecule has 0 amide bonds. The number of fused-ring (bicyclic) bond motifs is 1. The summed E-state index contributed by atoms with van der Waals surface area (Å²) in [5, 5.41) is 4.38. The molecule has 1 aromatic carbocycles. The first-order valence-corrected chi connectivity index (χ1v) is 5.83. The van der Waals surface area contributed by atoms with Crippen LogP contribution in [0.3, 0.4) is 0 Å². The van der Waals surface area contributed by atoms with E-state index in [2.05, 4.69) is 21.6 Å². The van der Waals surface area contributed by atoms with E-state index in [0.717, 1.165) is 17.0 Å². The topological polar surface area (TPSA) is 86.8 Å². The second-order valence-corrected chi connectivity index (χ2v) is 3.82. The molecule has 1 aromatic heterocycles. The number of amidine groups is 1. The van der Waals surface area contributed by atoms with Crippen molar-refractivity contribution >= 4 is 22.7 Å². The van der Waals surface area contributed by atoms with Gasteiger partial charge in [0.15, 0.2) is 5.84 Å². The van der Waals surface area contributed by atoms with Crippen LogP contribution in [-0.4, -0.2) is 23.4 Å². The Morgan fingerprint density at radius 2 is 2.20 bits per heavy atom. The number of nitrogens with two attached hydrogens (primary N) is 1. The normalized spacial score (nSPS) is 11.1. The molecule has 6 nitrogen and oxygen atoms in total. The molecule has 6 heteroatoms. The number of carbonyl (C=O) groups excluding carboxylic acids is 1. The van der Waals surface area contributed by atoms with Crippen molar-refractivity contribution < 1.29 is 14.4 Å². The van der Waals surface area contributed by atoms with Crippen molar-refractivity contribution in [2.24, 2.45) is 10.9 Å². The summed E-state index contributed by atoms with van der Waals surface area (Å²) in [5.74, 6) is -0.0655. The van der Waals surface area contributed by atoms with E-state index in [1.807, 2.05) is 24.3 Å². The average Bonchev–Trinajstić information content (AvgIpc) is 2.50. The molecule has 0 saturated heterocycles. The van der Waals surface area contributed by atoms with Gasteiger partial charge in [-0.3, -0.25) is 4.98 Å². The minimum Gasteiger partial charge on any atom is -0.483 e. The monoisotopic (exact) mass is 271 g/mol. The zero-order valence-electron chi connectivity index (χ0n) is 10.7. The lowest BCUT2D eigenvalue weighted by Gasteiger charge is -2.07. The maximum atomic E-state index is 10.8. The number of hydrogen-bond acceptors (Lipinski definition) is 5. The number of rotatable bonds is 5. The Balaban J connectivity index is 2.06. The van der Waals surface area contributed by atoms with Crippen LogP contribution >= 0.6 is 0 Å². The third kappa shape index (κ3) is 3.32. The number of oxime groups is 1. The van der Waals surface area contributed by atoms with E-state index in [1.54, 1.807) is 12.3 Å². The van der Waals surface area contributed by atoms with Crippen LogP contribution in [0.15, 0.2) is 54.3 Å². The molecule has 0 aliphatic heterocycles. The molecule has 0 radical (unpaired) electrons. The highest BCUT2D eigenvalue weighted by Gasteiger charge is 2.04. The van der Waals surface area contributed by atoms with Crippen LogP contribution in [0.2, 0.25) is 0 Å². The van der Waals surface area contributed by atoms with E-state index in [0.29, 0.717) is 5.75 Å². The Morgan fingerprint density at radius 1 is 1.40 bits per heavy atom. The summed E-state index contributed by atoms with van der Waals surface area (Å²) < 4.78 is 5.51. The van der Waals surface area contributed by atoms with Gasteiger partial charge in [-0.1, -0.05) is 29.9 Å². The Morgan fingerprint density at radius 3 is 3.00 bits per heavy atom. The van der Waals surface area contributed by atoms with Gasteiger partial charge in [0.25, 0.3) is 0 Å². The van der Waals surface area contributed by atoms with Crippen LogP contribution < -0.4 is 10.5 Å².